The van der Waals surface area contributed by atoms with E-state index in [2.05, 4.69) is 10.9 Å². The molecule has 0 saturated heterocycles. The third kappa shape index (κ3) is 4.94. The molecule has 3 rings (SSSR count). The molecule has 0 bridgehead atoms. The van der Waals surface area contributed by atoms with Crippen LogP contribution in [0.5, 0.6) is 0 Å². The van der Waals surface area contributed by atoms with Gasteiger partial charge in [-0.2, -0.15) is 0 Å². The highest BCUT2D eigenvalue weighted by atomic mass is 16.5. The van der Waals surface area contributed by atoms with Gasteiger partial charge >= 0.3 is 5.97 Å². The molecule has 3 aromatic carbocycles. The summed E-state index contributed by atoms with van der Waals surface area (Å²) < 4.78 is 5.16. The first-order valence-electron chi connectivity index (χ1n) is 8.85. The molecule has 0 aromatic heterocycles. The van der Waals surface area contributed by atoms with E-state index in [1.165, 1.54) is 6.92 Å². The number of benzene rings is 3. The van der Waals surface area contributed by atoms with Crippen LogP contribution >= 0.6 is 0 Å². The number of esters is 1. The summed E-state index contributed by atoms with van der Waals surface area (Å²) in [5.74, 6) is -1.59. The molecule has 142 valence electrons. The molecule has 2 amide bonds. The van der Waals surface area contributed by atoms with E-state index in [0.717, 1.165) is 16.3 Å². The predicted octanol–water partition coefficient (Wildman–Crippen LogP) is 2.78. The molecule has 0 spiro atoms. The number of rotatable bonds is 5. The van der Waals surface area contributed by atoms with Crippen molar-refractivity contribution in [2.24, 2.45) is 0 Å². The maximum atomic E-state index is 12.1. The minimum atomic E-state index is -1.04. The summed E-state index contributed by atoms with van der Waals surface area (Å²) in [7, 11) is 0. The van der Waals surface area contributed by atoms with E-state index < -0.39 is 23.9 Å². The van der Waals surface area contributed by atoms with E-state index in [1.54, 1.807) is 30.3 Å². The van der Waals surface area contributed by atoms with Crippen LogP contribution in [0.3, 0.4) is 0 Å². The van der Waals surface area contributed by atoms with Crippen molar-refractivity contribution in [1.29, 1.82) is 0 Å². The lowest BCUT2D eigenvalue weighted by atomic mass is 10.1. The summed E-state index contributed by atoms with van der Waals surface area (Å²) in [6, 6.07) is 22.0. The predicted molar refractivity (Wildman–Crippen MR) is 105 cm³/mol. The van der Waals surface area contributed by atoms with Crippen LogP contribution in [-0.2, 0) is 20.7 Å². The molecular formula is C22H20N2O4. The molecule has 0 unspecified atom stereocenters. The van der Waals surface area contributed by atoms with E-state index >= 15 is 0 Å². The number of carbonyl (C=O) groups excluding carboxylic acids is 3. The van der Waals surface area contributed by atoms with Crippen LogP contribution in [-0.4, -0.2) is 23.9 Å². The van der Waals surface area contributed by atoms with Gasteiger partial charge in [0.25, 0.3) is 11.8 Å². The van der Waals surface area contributed by atoms with E-state index in [1.807, 2.05) is 42.5 Å². The molecule has 0 aliphatic carbocycles. The fourth-order valence-electron chi connectivity index (χ4n) is 2.69. The lowest BCUT2D eigenvalue weighted by Gasteiger charge is -2.14. The number of amides is 2. The highest BCUT2D eigenvalue weighted by Crippen LogP contribution is 2.16. The SMILES string of the molecule is C[C@H](OC(=O)Cc1ccc2ccccc2c1)C(=O)NNC(=O)c1ccccc1. The topological polar surface area (TPSA) is 84.5 Å². The molecule has 1 atom stereocenters. The van der Waals surface area contributed by atoms with E-state index in [-0.39, 0.29) is 6.42 Å². The number of carbonyl (C=O) groups is 3. The lowest BCUT2D eigenvalue weighted by molar-refractivity contribution is -0.154. The number of fused-ring (bicyclic) bond motifs is 1. The van der Waals surface area contributed by atoms with Crippen molar-refractivity contribution in [1.82, 2.24) is 10.9 Å². The van der Waals surface area contributed by atoms with Crippen molar-refractivity contribution in [3.8, 4) is 0 Å². The Bertz CT molecular complexity index is 1000. The van der Waals surface area contributed by atoms with Crippen LogP contribution in [0.4, 0.5) is 0 Å². The first-order valence-corrected chi connectivity index (χ1v) is 8.85. The first-order chi connectivity index (χ1) is 13.5. The van der Waals surface area contributed by atoms with Gasteiger partial charge in [-0.3, -0.25) is 25.2 Å². The molecule has 2 N–H and O–H groups in total. The normalized spacial score (nSPS) is 11.5. The Kier molecular flexibility index (Phi) is 6.01. The summed E-state index contributed by atoms with van der Waals surface area (Å²) in [4.78, 5) is 36.1. The molecule has 6 heteroatoms. The van der Waals surface area contributed by atoms with Crippen LogP contribution in [0, 0.1) is 0 Å². The number of ether oxygens (including phenoxy) is 1. The fourth-order valence-corrected chi connectivity index (χ4v) is 2.69. The quantitative estimate of drug-likeness (QED) is 0.530. The van der Waals surface area contributed by atoms with Gasteiger partial charge in [-0.1, -0.05) is 60.7 Å². The molecule has 0 aliphatic rings. The molecule has 0 fully saturated rings. The second kappa shape index (κ2) is 8.81. The minimum absolute atomic E-state index is 0.0544. The Morgan fingerprint density at radius 2 is 1.54 bits per heavy atom. The second-order valence-electron chi connectivity index (χ2n) is 6.30. The van der Waals surface area contributed by atoms with Crippen molar-refractivity contribution >= 4 is 28.6 Å². The molecular weight excluding hydrogens is 356 g/mol. The molecule has 28 heavy (non-hydrogen) atoms. The van der Waals surface area contributed by atoms with Gasteiger partial charge in [0.2, 0.25) is 0 Å². The maximum absolute atomic E-state index is 12.1. The maximum Gasteiger partial charge on any atom is 0.311 e. The highest BCUT2D eigenvalue weighted by molar-refractivity contribution is 5.95. The summed E-state index contributed by atoms with van der Waals surface area (Å²) in [5.41, 5.74) is 5.76. The Balaban J connectivity index is 1.50. The van der Waals surface area contributed by atoms with Gasteiger partial charge in [0.1, 0.15) is 0 Å². The summed E-state index contributed by atoms with van der Waals surface area (Å²) in [5, 5.41) is 2.11. The zero-order valence-electron chi connectivity index (χ0n) is 15.3. The van der Waals surface area contributed by atoms with Crippen LogP contribution in [0.2, 0.25) is 0 Å². The van der Waals surface area contributed by atoms with E-state index in [9.17, 15) is 14.4 Å². The monoisotopic (exact) mass is 376 g/mol. The van der Waals surface area contributed by atoms with Gasteiger partial charge < -0.3 is 4.74 Å². The largest absolute Gasteiger partial charge is 0.452 e. The van der Waals surface area contributed by atoms with Gasteiger partial charge in [0, 0.05) is 5.56 Å². The summed E-state index contributed by atoms with van der Waals surface area (Å²) >= 11 is 0. The van der Waals surface area contributed by atoms with Crippen molar-refractivity contribution < 1.29 is 19.1 Å². The average Bonchev–Trinajstić information content (AvgIpc) is 2.72. The standard InChI is InChI=1S/C22H20N2O4/c1-15(21(26)23-24-22(27)18-8-3-2-4-9-18)28-20(25)14-16-11-12-17-7-5-6-10-19(17)13-16/h2-13,15H,14H2,1H3,(H,23,26)(H,24,27)/t15-/m0/s1. The van der Waals surface area contributed by atoms with Crippen molar-refractivity contribution in [2.75, 3.05) is 0 Å². The summed E-state index contributed by atoms with van der Waals surface area (Å²) in [6.07, 6.45) is -0.984. The zero-order valence-corrected chi connectivity index (χ0v) is 15.3. The molecule has 0 radical (unpaired) electrons. The molecule has 6 nitrogen and oxygen atoms in total. The van der Waals surface area contributed by atoms with Crippen LogP contribution in [0.15, 0.2) is 72.8 Å². The molecule has 3 aromatic rings. The number of hydrogen-bond acceptors (Lipinski definition) is 4. The van der Waals surface area contributed by atoms with Crippen LogP contribution in [0.25, 0.3) is 10.8 Å². The van der Waals surface area contributed by atoms with Crippen molar-refractivity contribution in [2.45, 2.75) is 19.4 Å². The summed E-state index contributed by atoms with van der Waals surface area (Å²) in [6.45, 7) is 1.45. The highest BCUT2D eigenvalue weighted by Gasteiger charge is 2.19. The third-order valence-electron chi connectivity index (χ3n) is 4.17. The van der Waals surface area contributed by atoms with E-state index in [0.29, 0.717) is 5.56 Å². The van der Waals surface area contributed by atoms with Gasteiger partial charge in [0.15, 0.2) is 6.10 Å². The smallest absolute Gasteiger partial charge is 0.311 e. The fraction of sp³-hybridized carbons (Fsp3) is 0.136. The average molecular weight is 376 g/mol. The van der Waals surface area contributed by atoms with Crippen LogP contribution in [0.1, 0.15) is 22.8 Å². The van der Waals surface area contributed by atoms with Gasteiger partial charge in [0.05, 0.1) is 6.42 Å². The van der Waals surface area contributed by atoms with Crippen LogP contribution < -0.4 is 10.9 Å². The van der Waals surface area contributed by atoms with Crippen molar-refractivity contribution in [3.63, 3.8) is 0 Å². The lowest BCUT2D eigenvalue weighted by Crippen LogP contribution is -2.46. The molecule has 0 aliphatic heterocycles. The third-order valence-corrected chi connectivity index (χ3v) is 4.17. The number of nitrogens with one attached hydrogen (secondary N) is 2. The molecule has 0 heterocycles. The Labute approximate surface area is 162 Å². The zero-order chi connectivity index (χ0) is 19.9. The Morgan fingerprint density at radius 3 is 2.29 bits per heavy atom. The minimum Gasteiger partial charge on any atom is -0.452 e. The van der Waals surface area contributed by atoms with Gasteiger partial charge in [-0.05, 0) is 35.4 Å². The second-order valence-corrected chi connectivity index (χ2v) is 6.30. The van der Waals surface area contributed by atoms with Gasteiger partial charge in [-0.25, -0.2) is 0 Å². The van der Waals surface area contributed by atoms with E-state index in [4.69, 9.17) is 4.74 Å². The van der Waals surface area contributed by atoms with Gasteiger partial charge in [-0.15, -0.1) is 0 Å². The van der Waals surface area contributed by atoms with Crippen molar-refractivity contribution in [3.05, 3.63) is 83.9 Å². The Morgan fingerprint density at radius 1 is 0.857 bits per heavy atom. The first kappa shape index (κ1) is 19.1. The number of hydrogen-bond donors (Lipinski definition) is 2. The number of hydrazine groups is 1. The molecule has 0 saturated carbocycles. The Hall–Kier alpha value is -3.67.